The third-order valence-electron chi connectivity index (χ3n) is 5.24. The number of esters is 1. The van der Waals surface area contributed by atoms with Crippen molar-refractivity contribution >= 4 is 5.97 Å². The van der Waals surface area contributed by atoms with Crippen molar-refractivity contribution in [3.8, 4) is 0 Å². The third kappa shape index (κ3) is 21.3. The standard InChI is InChI=1S/C26H48O2/c1-4-5-6-7-8-9-10-11-12-13-14-15-16-17-18-19-20-21-22-23-24-28-26(27)25(2)3/h11-12H,2,4-10,13-24H2,1,3H3. The van der Waals surface area contributed by atoms with E-state index in [2.05, 4.69) is 25.7 Å². The topological polar surface area (TPSA) is 26.3 Å². The van der Waals surface area contributed by atoms with Gasteiger partial charge >= 0.3 is 5.97 Å². The number of rotatable bonds is 21. The molecule has 0 aliphatic rings. The van der Waals surface area contributed by atoms with Gasteiger partial charge in [0, 0.05) is 5.57 Å². The van der Waals surface area contributed by atoms with Crippen LogP contribution in [0.15, 0.2) is 24.3 Å². The molecule has 0 rings (SSSR count). The molecule has 28 heavy (non-hydrogen) atoms. The lowest BCUT2D eigenvalue weighted by Crippen LogP contribution is -2.05. The average molecular weight is 393 g/mol. The van der Waals surface area contributed by atoms with E-state index in [0.717, 1.165) is 12.8 Å². The van der Waals surface area contributed by atoms with Crippen molar-refractivity contribution in [1.82, 2.24) is 0 Å². The maximum atomic E-state index is 11.2. The molecule has 0 amide bonds. The normalized spacial score (nSPS) is 11.2. The first-order chi connectivity index (χ1) is 13.7. The van der Waals surface area contributed by atoms with Crippen LogP contribution in [0.3, 0.4) is 0 Å². The van der Waals surface area contributed by atoms with Gasteiger partial charge in [0.15, 0.2) is 0 Å². The molecule has 0 heterocycles. The van der Waals surface area contributed by atoms with Gasteiger partial charge in [-0.1, -0.05) is 109 Å². The van der Waals surface area contributed by atoms with Crippen LogP contribution in [0, 0.1) is 0 Å². The molecule has 0 aliphatic carbocycles. The number of carbonyl (C=O) groups is 1. The minimum atomic E-state index is -0.256. The molecule has 0 aliphatic heterocycles. The number of ether oxygens (including phenoxy) is 1. The molecule has 0 aromatic carbocycles. The molecule has 0 atom stereocenters. The zero-order chi connectivity index (χ0) is 20.7. The molecular formula is C26H48O2. The van der Waals surface area contributed by atoms with E-state index >= 15 is 0 Å². The lowest BCUT2D eigenvalue weighted by molar-refractivity contribution is -0.139. The van der Waals surface area contributed by atoms with Crippen LogP contribution in [-0.2, 0) is 9.53 Å². The summed E-state index contributed by atoms with van der Waals surface area (Å²) in [6.07, 6.45) is 28.7. The number of hydrogen-bond acceptors (Lipinski definition) is 2. The highest BCUT2D eigenvalue weighted by Crippen LogP contribution is 2.12. The summed E-state index contributed by atoms with van der Waals surface area (Å²) in [5.41, 5.74) is 0.490. The summed E-state index contributed by atoms with van der Waals surface area (Å²) in [6, 6.07) is 0. The highest BCUT2D eigenvalue weighted by atomic mass is 16.5. The van der Waals surface area contributed by atoms with Crippen molar-refractivity contribution in [3.63, 3.8) is 0 Å². The predicted octanol–water partition coefficient (Wildman–Crippen LogP) is 8.70. The van der Waals surface area contributed by atoms with Gasteiger partial charge in [0.1, 0.15) is 0 Å². The summed E-state index contributed by atoms with van der Waals surface area (Å²) in [5.74, 6) is -0.256. The van der Waals surface area contributed by atoms with Crippen molar-refractivity contribution in [1.29, 1.82) is 0 Å². The maximum absolute atomic E-state index is 11.2. The van der Waals surface area contributed by atoms with E-state index in [4.69, 9.17) is 4.74 Å². The summed E-state index contributed by atoms with van der Waals surface area (Å²) in [5, 5.41) is 0. The zero-order valence-electron chi connectivity index (χ0n) is 19.1. The van der Waals surface area contributed by atoms with Gasteiger partial charge in [-0.2, -0.15) is 0 Å². The molecule has 2 heteroatoms. The summed E-state index contributed by atoms with van der Waals surface area (Å²) < 4.78 is 5.10. The van der Waals surface area contributed by atoms with Crippen molar-refractivity contribution in [3.05, 3.63) is 24.3 Å². The highest BCUT2D eigenvalue weighted by Gasteiger charge is 2.01. The molecule has 164 valence electrons. The zero-order valence-corrected chi connectivity index (χ0v) is 19.1. The molecule has 0 bridgehead atoms. The van der Waals surface area contributed by atoms with Gasteiger partial charge in [0.05, 0.1) is 6.61 Å². The van der Waals surface area contributed by atoms with Crippen LogP contribution in [0.1, 0.15) is 129 Å². The van der Waals surface area contributed by atoms with Gasteiger partial charge < -0.3 is 4.74 Å². The largest absolute Gasteiger partial charge is 0.462 e. The Morgan fingerprint density at radius 1 is 0.679 bits per heavy atom. The van der Waals surface area contributed by atoms with E-state index in [1.54, 1.807) is 6.92 Å². The molecule has 0 saturated carbocycles. The fraction of sp³-hybridized carbons (Fsp3) is 0.808. The SMILES string of the molecule is C=C(C)C(=O)OCCCCCCCCCCCCC=CCCCCCCCC. The van der Waals surface area contributed by atoms with Crippen LogP contribution in [0.4, 0.5) is 0 Å². The minimum Gasteiger partial charge on any atom is -0.462 e. The van der Waals surface area contributed by atoms with Crippen LogP contribution in [0.5, 0.6) is 0 Å². The molecule has 0 radical (unpaired) electrons. The molecule has 0 aromatic heterocycles. The molecule has 0 saturated heterocycles. The van der Waals surface area contributed by atoms with Gasteiger partial charge in [-0.3, -0.25) is 0 Å². The molecule has 0 N–H and O–H groups in total. The van der Waals surface area contributed by atoms with E-state index in [-0.39, 0.29) is 5.97 Å². The maximum Gasteiger partial charge on any atom is 0.333 e. The fourth-order valence-corrected chi connectivity index (χ4v) is 3.34. The van der Waals surface area contributed by atoms with Gasteiger partial charge in [-0.15, -0.1) is 0 Å². The highest BCUT2D eigenvalue weighted by molar-refractivity contribution is 5.86. The monoisotopic (exact) mass is 392 g/mol. The molecular weight excluding hydrogens is 344 g/mol. The van der Waals surface area contributed by atoms with Crippen molar-refractivity contribution < 1.29 is 9.53 Å². The molecule has 0 aromatic rings. The average Bonchev–Trinajstić information content (AvgIpc) is 2.68. The van der Waals surface area contributed by atoms with Crippen LogP contribution in [0.25, 0.3) is 0 Å². The first-order valence-electron chi connectivity index (χ1n) is 12.2. The second kappa shape index (κ2) is 22.2. The van der Waals surface area contributed by atoms with E-state index in [1.807, 2.05) is 0 Å². The van der Waals surface area contributed by atoms with Gasteiger partial charge in [0.25, 0.3) is 0 Å². The molecule has 0 unspecified atom stereocenters. The Labute approximate surface area is 176 Å². The van der Waals surface area contributed by atoms with Crippen LogP contribution >= 0.6 is 0 Å². The second-order valence-electron chi connectivity index (χ2n) is 8.27. The Morgan fingerprint density at radius 3 is 1.50 bits per heavy atom. The summed E-state index contributed by atoms with van der Waals surface area (Å²) >= 11 is 0. The lowest BCUT2D eigenvalue weighted by Gasteiger charge is -2.04. The Morgan fingerprint density at radius 2 is 1.07 bits per heavy atom. The Kier molecular flexibility index (Phi) is 21.4. The quantitative estimate of drug-likeness (QED) is 0.0844. The van der Waals surface area contributed by atoms with Gasteiger partial charge in [-0.25, -0.2) is 4.79 Å². The Bertz CT molecular complexity index is 384. The summed E-state index contributed by atoms with van der Waals surface area (Å²) in [7, 11) is 0. The van der Waals surface area contributed by atoms with E-state index < -0.39 is 0 Å². The van der Waals surface area contributed by atoms with Crippen molar-refractivity contribution in [2.75, 3.05) is 6.61 Å². The fourth-order valence-electron chi connectivity index (χ4n) is 3.34. The smallest absolute Gasteiger partial charge is 0.333 e. The van der Waals surface area contributed by atoms with Gasteiger partial charge in [0.2, 0.25) is 0 Å². The molecule has 2 nitrogen and oxygen atoms in total. The number of unbranched alkanes of at least 4 members (excludes halogenated alkanes) is 16. The van der Waals surface area contributed by atoms with E-state index in [0.29, 0.717) is 12.2 Å². The second-order valence-corrected chi connectivity index (χ2v) is 8.27. The molecule has 0 spiro atoms. The van der Waals surface area contributed by atoms with Crippen LogP contribution in [0.2, 0.25) is 0 Å². The Balaban J connectivity index is 3.13. The minimum absolute atomic E-state index is 0.256. The predicted molar refractivity (Wildman–Crippen MR) is 124 cm³/mol. The van der Waals surface area contributed by atoms with Gasteiger partial charge in [-0.05, 0) is 39.0 Å². The van der Waals surface area contributed by atoms with Crippen LogP contribution < -0.4 is 0 Å². The number of hydrogen-bond donors (Lipinski definition) is 0. The first-order valence-corrected chi connectivity index (χ1v) is 12.2. The number of allylic oxidation sites excluding steroid dienone is 2. The number of carbonyl (C=O) groups excluding carboxylic acids is 1. The van der Waals surface area contributed by atoms with E-state index in [9.17, 15) is 4.79 Å². The summed E-state index contributed by atoms with van der Waals surface area (Å²) in [4.78, 5) is 11.2. The Hall–Kier alpha value is -1.05. The summed E-state index contributed by atoms with van der Waals surface area (Å²) in [6.45, 7) is 8.09. The first kappa shape index (κ1) is 27.0. The third-order valence-corrected chi connectivity index (χ3v) is 5.24. The molecule has 0 fully saturated rings. The van der Waals surface area contributed by atoms with Crippen LogP contribution in [-0.4, -0.2) is 12.6 Å². The lowest BCUT2D eigenvalue weighted by atomic mass is 10.1. The van der Waals surface area contributed by atoms with Crippen molar-refractivity contribution in [2.24, 2.45) is 0 Å². The van der Waals surface area contributed by atoms with Crippen molar-refractivity contribution in [2.45, 2.75) is 129 Å². The van der Waals surface area contributed by atoms with E-state index in [1.165, 1.54) is 103 Å².